The number of hydrogen-bond acceptors (Lipinski definition) is 4. The van der Waals surface area contributed by atoms with E-state index in [0.29, 0.717) is 0 Å². The summed E-state index contributed by atoms with van der Waals surface area (Å²) in [7, 11) is 0. The van der Waals surface area contributed by atoms with Crippen LogP contribution in [0.4, 0.5) is 8.78 Å². The number of ether oxygens (including phenoxy) is 3. The van der Waals surface area contributed by atoms with E-state index in [4.69, 9.17) is 14.2 Å². The highest BCUT2D eigenvalue weighted by Gasteiger charge is 2.14. The van der Waals surface area contributed by atoms with Crippen LogP contribution in [0.25, 0.3) is 0 Å². The van der Waals surface area contributed by atoms with Gasteiger partial charge in [0, 0.05) is 0 Å². The molecule has 0 N–H and O–H groups in total. The zero-order valence-corrected chi connectivity index (χ0v) is 14.2. The molecule has 2 rings (SSSR count). The molecule has 0 fully saturated rings. The second-order valence-electron chi connectivity index (χ2n) is 5.05. The normalized spacial score (nSPS) is 10.8. The first kappa shape index (κ1) is 19.2. The van der Waals surface area contributed by atoms with Gasteiger partial charge in [0.15, 0.2) is 5.76 Å². The lowest BCUT2D eigenvalue weighted by atomic mass is 10.2. The molecule has 0 saturated carbocycles. The Morgan fingerprint density at radius 3 is 2.15 bits per heavy atom. The average Bonchev–Trinajstić information content (AvgIpc) is 2.66. The van der Waals surface area contributed by atoms with E-state index in [9.17, 15) is 13.6 Å². The van der Waals surface area contributed by atoms with E-state index in [2.05, 4.69) is 0 Å². The molecular weight excluding hydrogens is 342 g/mol. The Balaban J connectivity index is 2.12. The van der Waals surface area contributed by atoms with Crippen LogP contribution >= 0.6 is 0 Å². The molecule has 6 heteroatoms. The predicted octanol–water partition coefficient (Wildman–Crippen LogP) is 5.05. The minimum atomic E-state index is -2.05. The Morgan fingerprint density at radius 1 is 0.962 bits per heavy atom. The van der Waals surface area contributed by atoms with Crippen molar-refractivity contribution in [3.63, 3.8) is 0 Å². The van der Waals surface area contributed by atoms with Crippen LogP contribution in [0.5, 0.6) is 0 Å². The Bertz CT molecular complexity index is 767. The quantitative estimate of drug-likeness (QED) is 0.376. The van der Waals surface area contributed by atoms with E-state index < -0.39 is 17.8 Å². The molecular formula is C20H18F2O4. The molecule has 0 atom stereocenters. The smallest absolute Gasteiger partial charge is 0.345 e. The molecule has 0 saturated heterocycles. The number of halogens is 2. The van der Waals surface area contributed by atoms with Gasteiger partial charge in [0.2, 0.25) is 0 Å². The van der Waals surface area contributed by atoms with E-state index in [1.54, 1.807) is 61.5 Å². The van der Waals surface area contributed by atoms with E-state index in [1.165, 1.54) is 0 Å². The number of rotatable bonds is 8. The SMILES string of the molecule is CCO/C(=C\C(OCc1ccccc1)=C(F)F)OC(=O)c1ccccc1. The lowest BCUT2D eigenvalue weighted by Gasteiger charge is -2.11. The molecule has 0 aliphatic carbocycles. The summed E-state index contributed by atoms with van der Waals surface area (Å²) < 4.78 is 41.7. The van der Waals surface area contributed by atoms with Crippen LogP contribution < -0.4 is 0 Å². The molecule has 0 spiro atoms. The molecule has 2 aromatic carbocycles. The number of allylic oxidation sites excluding steroid dienone is 1. The number of esters is 1. The van der Waals surface area contributed by atoms with Crippen LogP contribution in [-0.2, 0) is 20.8 Å². The van der Waals surface area contributed by atoms with Crippen molar-refractivity contribution in [1.29, 1.82) is 0 Å². The zero-order valence-electron chi connectivity index (χ0n) is 14.2. The summed E-state index contributed by atoms with van der Waals surface area (Å²) >= 11 is 0. The molecule has 0 aromatic heterocycles. The summed E-state index contributed by atoms with van der Waals surface area (Å²) in [6.07, 6.45) is -1.18. The second kappa shape index (κ2) is 9.98. The first-order valence-corrected chi connectivity index (χ1v) is 7.94. The Labute approximate surface area is 150 Å². The third-order valence-electron chi connectivity index (χ3n) is 3.16. The van der Waals surface area contributed by atoms with E-state index in [0.717, 1.165) is 11.6 Å². The minimum Gasteiger partial charge on any atom is -0.483 e. The standard InChI is InChI=1S/C20H18F2O4/c1-2-24-18(26-20(23)16-11-7-4-8-12-16)13-17(19(21)22)25-14-15-9-5-3-6-10-15/h3-13H,2,14H2,1H3/b18-13+. The lowest BCUT2D eigenvalue weighted by molar-refractivity contribution is 0.0272. The highest BCUT2D eigenvalue weighted by atomic mass is 19.3. The van der Waals surface area contributed by atoms with Gasteiger partial charge in [0.05, 0.1) is 18.2 Å². The highest BCUT2D eigenvalue weighted by molar-refractivity contribution is 5.89. The van der Waals surface area contributed by atoms with Crippen LogP contribution in [-0.4, -0.2) is 12.6 Å². The van der Waals surface area contributed by atoms with Gasteiger partial charge < -0.3 is 14.2 Å². The van der Waals surface area contributed by atoms with Gasteiger partial charge in [-0.1, -0.05) is 48.5 Å². The summed E-state index contributed by atoms with van der Waals surface area (Å²) in [5.74, 6) is -1.80. The van der Waals surface area contributed by atoms with Gasteiger partial charge in [0.1, 0.15) is 6.61 Å². The largest absolute Gasteiger partial charge is 0.483 e. The fourth-order valence-corrected chi connectivity index (χ4v) is 1.96. The molecule has 2 aromatic rings. The molecule has 0 amide bonds. The molecule has 136 valence electrons. The predicted molar refractivity (Wildman–Crippen MR) is 92.0 cm³/mol. The minimum absolute atomic E-state index is 0.0595. The molecule has 0 bridgehead atoms. The van der Waals surface area contributed by atoms with Crippen LogP contribution in [0.15, 0.2) is 84.5 Å². The van der Waals surface area contributed by atoms with E-state index in [-0.39, 0.29) is 24.7 Å². The first-order chi connectivity index (χ1) is 12.6. The number of carbonyl (C=O) groups excluding carboxylic acids is 1. The van der Waals surface area contributed by atoms with E-state index in [1.807, 2.05) is 6.07 Å². The fraction of sp³-hybridized carbons (Fsp3) is 0.150. The van der Waals surface area contributed by atoms with Crippen molar-refractivity contribution in [2.45, 2.75) is 13.5 Å². The van der Waals surface area contributed by atoms with Gasteiger partial charge in [-0.2, -0.15) is 8.78 Å². The van der Waals surface area contributed by atoms with Crippen molar-refractivity contribution < 1.29 is 27.8 Å². The van der Waals surface area contributed by atoms with Crippen molar-refractivity contribution in [1.82, 2.24) is 0 Å². The van der Waals surface area contributed by atoms with Gasteiger partial charge in [-0.05, 0) is 24.6 Å². The molecule has 0 unspecified atom stereocenters. The first-order valence-electron chi connectivity index (χ1n) is 7.94. The highest BCUT2D eigenvalue weighted by Crippen LogP contribution is 2.18. The topological polar surface area (TPSA) is 44.8 Å². The summed E-state index contributed by atoms with van der Waals surface area (Å²) in [6, 6.07) is 17.0. The molecule has 26 heavy (non-hydrogen) atoms. The molecule has 0 heterocycles. The second-order valence-corrected chi connectivity index (χ2v) is 5.05. The van der Waals surface area contributed by atoms with E-state index >= 15 is 0 Å². The summed E-state index contributed by atoms with van der Waals surface area (Å²) in [5, 5.41) is 0. The molecule has 0 aliphatic rings. The monoisotopic (exact) mass is 360 g/mol. The van der Waals surface area contributed by atoms with Gasteiger partial charge >= 0.3 is 12.0 Å². The Kier molecular flexibility index (Phi) is 7.36. The maximum Gasteiger partial charge on any atom is 0.345 e. The summed E-state index contributed by atoms with van der Waals surface area (Å²) in [5.41, 5.74) is 0.994. The summed E-state index contributed by atoms with van der Waals surface area (Å²) in [4.78, 5) is 12.1. The van der Waals surface area contributed by atoms with Crippen molar-refractivity contribution in [3.05, 3.63) is 95.7 Å². The fourth-order valence-electron chi connectivity index (χ4n) is 1.96. The maximum absolute atomic E-state index is 13.2. The number of carbonyl (C=O) groups is 1. The lowest BCUT2D eigenvalue weighted by Crippen LogP contribution is -2.08. The zero-order chi connectivity index (χ0) is 18.8. The number of benzene rings is 2. The van der Waals surface area contributed by atoms with Crippen LogP contribution in [0.2, 0.25) is 0 Å². The third kappa shape index (κ3) is 6.05. The van der Waals surface area contributed by atoms with Gasteiger partial charge in [-0.15, -0.1) is 0 Å². The Morgan fingerprint density at radius 2 is 1.58 bits per heavy atom. The van der Waals surface area contributed by atoms with Crippen LogP contribution in [0.3, 0.4) is 0 Å². The number of hydrogen-bond donors (Lipinski definition) is 0. The van der Waals surface area contributed by atoms with Crippen molar-refractivity contribution in [2.24, 2.45) is 0 Å². The van der Waals surface area contributed by atoms with Crippen LogP contribution in [0, 0.1) is 0 Å². The van der Waals surface area contributed by atoms with Crippen molar-refractivity contribution in [2.75, 3.05) is 6.61 Å². The van der Waals surface area contributed by atoms with Gasteiger partial charge in [-0.25, -0.2) is 4.79 Å². The van der Waals surface area contributed by atoms with Crippen molar-refractivity contribution >= 4 is 5.97 Å². The van der Waals surface area contributed by atoms with Gasteiger partial charge in [-0.3, -0.25) is 0 Å². The Hall–Kier alpha value is -3.15. The molecule has 4 nitrogen and oxygen atoms in total. The molecule has 0 aliphatic heterocycles. The van der Waals surface area contributed by atoms with Crippen molar-refractivity contribution in [3.8, 4) is 0 Å². The third-order valence-corrected chi connectivity index (χ3v) is 3.16. The molecule has 0 radical (unpaired) electrons. The van der Waals surface area contributed by atoms with Crippen LogP contribution in [0.1, 0.15) is 22.8 Å². The van der Waals surface area contributed by atoms with Gasteiger partial charge in [0.25, 0.3) is 5.95 Å². The maximum atomic E-state index is 13.2. The average molecular weight is 360 g/mol. The summed E-state index contributed by atoms with van der Waals surface area (Å²) in [6.45, 7) is 1.72.